The first kappa shape index (κ1) is 38.6. The van der Waals surface area contributed by atoms with Gasteiger partial charge in [0.2, 0.25) is 11.7 Å². The van der Waals surface area contributed by atoms with Crippen LogP contribution in [0.2, 0.25) is 0 Å². The van der Waals surface area contributed by atoms with Gasteiger partial charge in [0.05, 0.1) is 19.6 Å². The van der Waals surface area contributed by atoms with Gasteiger partial charge in [-0.25, -0.2) is 0 Å². The summed E-state index contributed by atoms with van der Waals surface area (Å²) >= 11 is 0. The molecule has 4 aliphatic carbocycles. The zero-order valence-corrected chi connectivity index (χ0v) is 32.0. The van der Waals surface area contributed by atoms with Gasteiger partial charge in [-0.1, -0.05) is 38.5 Å². The smallest absolute Gasteiger partial charge is 0.306 e. The van der Waals surface area contributed by atoms with Crippen molar-refractivity contribution in [1.29, 1.82) is 0 Å². The molecular weight excluding hydrogens is 660 g/mol. The quantitative estimate of drug-likeness (QED) is 0.272. The van der Waals surface area contributed by atoms with Gasteiger partial charge in [0, 0.05) is 42.8 Å². The molecule has 0 bridgehead atoms. The van der Waals surface area contributed by atoms with Crippen LogP contribution in [0.4, 0.5) is 0 Å². The van der Waals surface area contributed by atoms with E-state index in [-0.39, 0.29) is 66.0 Å². The molecule has 52 heavy (non-hydrogen) atoms. The molecule has 1 saturated heterocycles. The highest BCUT2D eigenvalue weighted by Gasteiger charge is 2.68. The number of allylic oxidation sites excluding steroid dienone is 1. The van der Waals surface area contributed by atoms with Crippen molar-refractivity contribution in [2.75, 3.05) is 33.9 Å². The number of methoxy groups -OCH3 is 1. The first-order chi connectivity index (χ1) is 24.6. The second-order valence-electron chi connectivity index (χ2n) is 17.4. The van der Waals surface area contributed by atoms with Gasteiger partial charge in [-0.2, -0.15) is 0 Å². The summed E-state index contributed by atoms with van der Waals surface area (Å²) in [5.74, 6) is 0.00885. The van der Waals surface area contributed by atoms with E-state index in [1.54, 1.807) is 13.2 Å². The van der Waals surface area contributed by atoms with Gasteiger partial charge in [-0.3, -0.25) is 19.2 Å². The highest BCUT2D eigenvalue weighted by atomic mass is 16.5. The fraction of sp³-hybridized carbons (Fsp3) is 0.714. The number of piperidine rings is 1. The Labute approximate surface area is 309 Å². The van der Waals surface area contributed by atoms with Crippen LogP contribution in [-0.4, -0.2) is 90.2 Å². The Morgan fingerprint density at radius 2 is 1.75 bits per heavy atom. The number of aliphatic hydroxyl groups is 2. The highest BCUT2D eigenvalue weighted by molar-refractivity contribution is 5.92. The second-order valence-corrected chi connectivity index (χ2v) is 17.4. The zero-order valence-electron chi connectivity index (χ0n) is 32.0. The van der Waals surface area contributed by atoms with Crippen LogP contribution in [0.25, 0.3) is 0 Å². The predicted molar refractivity (Wildman–Crippen MR) is 196 cm³/mol. The number of amides is 1. The molecule has 3 N–H and O–H groups in total. The number of ketones is 2. The number of Topliss-reactive ketones (excluding diaryl/α,β-unsaturated/α-hetero) is 1. The molecule has 1 aliphatic heterocycles. The van der Waals surface area contributed by atoms with Crippen molar-refractivity contribution in [3.63, 3.8) is 0 Å². The average molecular weight is 721 g/mol. The van der Waals surface area contributed by atoms with E-state index < -0.39 is 35.5 Å². The Morgan fingerprint density at radius 3 is 2.46 bits per heavy atom. The minimum atomic E-state index is -1.72. The number of nitrogens with one attached hydrogen (secondary N) is 1. The minimum absolute atomic E-state index is 0.0237. The number of nitrogens with zero attached hydrogens (tertiary/aromatic N) is 1. The van der Waals surface area contributed by atoms with Crippen LogP contribution in [0.15, 0.2) is 35.9 Å². The number of likely N-dealkylation sites (tertiary alicyclic amines) is 1. The molecule has 10 nitrogen and oxygen atoms in total. The van der Waals surface area contributed by atoms with Crippen LogP contribution < -0.4 is 10.1 Å². The molecule has 6 rings (SSSR count). The summed E-state index contributed by atoms with van der Waals surface area (Å²) < 4.78 is 10.8. The molecule has 10 heteroatoms. The number of ether oxygens (including phenoxy) is 2. The van der Waals surface area contributed by atoms with E-state index in [0.717, 1.165) is 50.0 Å². The van der Waals surface area contributed by atoms with Gasteiger partial charge in [0.25, 0.3) is 0 Å². The first-order valence-corrected chi connectivity index (χ1v) is 19.5. The van der Waals surface area contributed by atoms with Crippen molar-refractivity contribution in [2.24, 2.45) is 34.5 Å². The van der Waals surface area contributed by atoms with Gasteiger partial charge in [-0.05, 0) is 118 Å². The monoisotopic (exact) mass is 720 g/mol. The number of carbonyl (C=O) groups excluding carboxylic acids is 4. The molecule has 4 fully saturated rings. The fourth-order valence-corrected chi connectivity index (χ4v) is 11.7. The molecule has 3 saturated carbocycles. The number of hydrogen-bond acceptors (Lipinski definition) is 9. The third-order valence-electron chi connectivity index (χ3n) is 14.9. The highest BCUT2D eigenvalue weighted by Crippen LogP contribution is 2.67. The maximum Gasteiger partial charge on any atom is 0.306 e. The number of hydrogen-bond donors (Lipinski definition) is 3. The Kier molecular flexibility index (Phi) is 10.9. The Morgan fingerprint density at radius 1 is 1.02 bits per heavy atom. The van der Waals surface area contributed by atoms with E-state index in [2.05, 4.69) is 50.2 Å². The summed E-state index contributed by atoms with van der Waals surface area (Å²) in [6, 6.07) is 8.63. The number of benzene rings is 1. The summed E-state index contributed by atoms with van der Waals surface area (Å²) in [4.78, 5) is 53.9. The van der Waals surface area contributed by atoms with E-state index in [9.17, 15) is 29.4 Å². The van der Waals surface area contributed by atoms with Gasteiger partial charge in [0.1, 0.15) is 11.4 Å². The van der Waals surface area contributed by atoms with Crippen LogP contribution in [-0.2, 0) is 29.3 Å². The molecule has 5 aliphatic rings. The van der Waals surface area contributed by atoms with E-state index >= 15 is 0 Å². The number of esters is 1. The molecule has 0 spiro atoms. The van der Waals surface area contributed by atoms with E-state index in [0.29, 0.717) is 31.3 Å². The summed E-state index contributed by atoms with van der Waals surface area (Å²) in [6.07, 6.45) is 6.56. The average Bonchev–Trinajstić information content (AvgIpc) is 3.38. The number of aliphatic hydroxyl groups excluding tert-OH is 1. The molecule has 1 aromatic rings. The topological polar surface area (TPSA) is 142 Å². The summed E-state index contributed by atoms with van der Waals surface area (Å²) in [5.41, 5.74) is -0.588. The number of rotatable bonds is 11. The largest absolute Gasteiger partial charge is 0.497 e. The molecule has 0 unspecified atom stereocenters. The van der Waals surface area contributed by atoms with Crippen LogP contribution in [0, 0.1) is 34.5 Å². The number of carbonyl (C=O) groups is 4. The summed E-state index contributed by atoms with van der Waals surface area (Å²) in [5, 5.41) is 26.6. The lowest BCUT2D eigenvalue weighted by Crippen LogP contribution is -2.62. The van der Waals surface area contributed by atoms with Gasteiger partial charge >= 0.3 is 5.97 Å². The lowest BCUT2D eigenvalue weighted by atomic mass is 9.45. The third-order valence-corrected chi connectivity index (χ3v) is 14.9. The van der Waals surface area contributed by atoms with Crippen molar-refractivity contribution < 1.29 is 38.9 Å². The van der Waals surface area contributed by atoms with E-state index in [4.69, 9.17) is 9.47 Å². The Hall–Kier alpha value is -3.08. The summed E-state index contributed by atoms with van der Waals surface area (Å²) in [6.45, 7) is 9.45. The lowest BCUT2D eigenvalue weighted by molar-refractivity contribution is -0.184. The molecule has 0 aromatic heterocycles. The molecule has 10 atom stereocenters. The van der Waals surface area contributed by atoms with Crippen LogP contribution in [0.3, 0.4) is 0 Å². The summed E-state index contributed by atoms with van der Waals surface area (Å²) in [7, 11) is 3.81. The van der Waals surface area contributed by atoms with Gasteiger partial charge in [0.15, 0.2) is 12.4 Å². The SMILES string of the molecule is COc1ccc([C@]2(CCNC(=O)CCC(=O)OCC(=O)[C@]3(O)CC[C@@H]4[C@@H]5CCC6=CC(=O)CC[C@]6(C)[C@@H]5[C@@H](O)C[C@@]43C)C[C@H](C)N(C)C[C@H]2C)cc1. The Balaban J connectivity index is 1.01. The van der Waals surface area contributed by atoms with Gasteiger partial charge in [-0.15, -0.1) is 0 Å². The van der Waals surface area contributed by atoms with Crippen molar-refractivity contribution >= 4 is 23.4 Å². The molecule has 1 aromatic carbocycles. The molecule has 286 valence electrons. The van der Waals surface area contributed by atoms with E-state index in [1.165, 1.54) is 5.56 Å². The van der Waals surface area contributed by atoms with Gasteiger partial charge < -0.3 is 29.9 Å². The molecule has 1 amide bonds. The van der Waals surface area contributed by atoms with E-state index in [1.807, 2.05) is 19.1 Å². The molecular formula is C42H60N2O8. The van der Waals surface area contributed by atoms with Crippen molar-refractivity contribution in [3.05, 3.63) is 41.5 Å². The van der Waals surface area contributed by atoms with Crippen LogP contribution in [0.1, 0.15) is 104 Å². The Bertz CT molecular complexity index is 1580. The van der Waals surface area contributed by atoms with Crippen LogP contribution >= 0.6 is 0 Å². The third kappa shape index (κ3) is 6.66. The zero-order chi connectivity index (χ0) is 37.6. The lowest BCUT2D eigenvalue weighted by Gasteiger charge is -2.60. The maximum absolute atomic E-state index is 13.7. The molecule has 0 radical (unpaired) electrons. The molecule has 1 heterocycles. The van der Waals surface area contributed by atoms with Crippen LogP contribution in [0.5, 0.6) is 5.75 Å². The van der Waals surface area contributed by atoms with Crippen molar-refractivity contribution in [1.82, 2.24) is 10.2 Å². The fourth-order valence-electron chi connectivity index (χ4n) is 11.7. The first-order valence-electron chi connectivity index (χ1n) is 19.5. The maximum atomic E-state index is 13.7. The standard InChI is InChI=1S/C42H60N2O8/c1-26-24-44(5)27(2)22-41(26,28-7-10-31(51-6)11-8-28)19-20-43-36(48)13-14-37(49)52-25-35(47)42(50)18-16-33-32-12-9-29-21-30(45)15-17-39(29,3)38(32)34(46)23-40(33,42)4/h7-8,10-11,21,26-27,32-34,38,46,50H,9,12-20,22-25H2,1-6H3,(H,43,48)/t26-,27+,32+,33-,34+,38+,39+,40+,41-,42-/m1/s1. The van der Waals surface area contributed by atoms with Crippen molar-refractivity contribution in [2.45, 2.75) is 121 Å². The second kappa shape index (κ2) is 14.6. The predicted octanol–water partition coefficient (Wildman–Crippen LogP) is 4.93. The van der Waals surface area contributed by atoms with Crippen molar-refractivity contribution in [3.8, 4) is 5.75 Å². The number of fused-ring (bicyclic) bond motifs is 5. The normalized spacial score (nSPS) is 38.7. The minimum Gasteiger partial charge on any atom is -0.497 e.